The Kier molecular flexibility index (Phi) is 4.91. The molecule has 0 spiro atoms. The number of likely N-dealkylation sites (tertiary alicyclic amines) is 1. The van der Waals surface area contributed by atoms with Crippen LogP contribution in [0.3, 0.4) is 0 Å². The highest BCUT2D eigenvalue weighted by Crippen LogP contribution is 2.38. The number of carbonyl (C=O) groups is 1. The van der Waals surface area contributed by atoms with Crippen LogP contribution in [-0.4, -0.2) is 59.2 Å². The lowest BCUT2D eigenvalue weighted by Crippen LogP contribution is -2.35. The van der Waals surface area contributed by atoms with E-state index in [1.54, 1.807) is 30.2 Å². The highest BCUT2D eigenvalue weighted by atomic mass is 32.1. The number of amides is 1. The first kappa shape index (κ1) is 20.2. The molecule has 1 saturated heterocycles. The van der Waals surface area contributed by atoms with Crippen LogP contribution in [0.25, 0.3) is 22.1 Å². The Morgan fingerprint density at radius 3 is 2.66 bits per heavy atom. The molecule has 162 valence electrons. The van der Waals surface area contributed by atoms with Gasteiger partial charge in [-0.15, -0.1) is 11.3 Å². The largest absolute Gasteiger partial charge is 0.375 e. The van der Waals surface area contributed by atoms with Crippen LogP contribution in [0.15, 0.2) is 48.9 Å². The first-order chi connectivity index (χ1) is 15.4. The smallest absolute Gasteiger partial charge is 0.259 e. The number of aryl methyl sites for hydroxylation is 1. The molecule has 0 bridgehead atoms. The Hall–Kier alpha value is -3.70. The van der Waals surface area contributed by atoms with Crippen molar-refractivity contribution in [1.29, 1.82) is 0 Å². The predicted molar refractivity (Wildman–Crippen MR) is 119 cm³/mol. The van der Waals surface area contributed by atoms with Crippen molar-refractivity contribution in [2.45, 2.75) is 12.0 Å². The van der Waals surface area contributed by atoms with Crippen molar-refractivity contribution in [3.63, 3.8) is 0 Å². The molecule has 0 radical (unpaired) electrons. The van der Waals surface area contributed by atoms with Crippen molar-refractivity contribution in [1.82, 2.24) is 34.6 Å². The van der Waals surface area contributed by atoms with Gasteiger partial charge in [0.2, 0.25) is 5.95 Å². The van der Waals surface area contributed by atoms with Gasteiger partial charge in [-0.1, -0.05) is 6.07 Å². The minimum atomic E-state index is -1.51. The van der Waals surface area contributed by atoms with E-state index in [0.29, 0.717) is 51.7 Å². The third kappa shape index (κ3) is 3.61. The van der Waals surface area contributed by atoms with E-state index < -0.39 is 5.60 Å². The summed E-state index contributed by atoms with van der Waals surface area (Å²) in [6.45, 7) is 0.513. The highest BCUT2D eigenvalue weighted by molar-refractivity contribution is 7.15. The van der Waals surface area contributed by atoms with E-state index in [0.717, 1.165) is 0 Å². The number of hydrogen-bond donors (Lipinski definition) is 2. The van der Waals surface area contributed by atoms with Gasteiger partial charge in [0.25, 0.3) is 5.91 Å². The summed E-state index contributed by atoms with van der Waals surface area (Å²) in [5, 5.41) is 18.8. The summed E-state index contributed by atoms with van der Waals surface area (Å²) in [7, 11) is 3.52. The van der Waals surface area contributed by atoms with Crippen LogP contribution in [-0.2, 0) is 17.4 Å². The average molecular weight is 449 g/mol. The van der Waals surface area contributed by atoms with Gasteiger partial charge < -0.3 is 15.3 Å². The van der Waals surface area contributed by atoms with Crippen molar-refractivity contribution in [2.24, 2.45) is 7.05 Å². The third-order valence-electron chi connectivity index (χ3n) is 5.26. The molecule has 2 N–H and O–H groups in total. The van der Waals surface area contributed by atoms with E-state index in [-0.39, 0.29) is 5.91 Å². The van der Waals surface area contributed by atoms with Gasteiger partial charge >= 0.3 is 0 Å². The molecule has 0 aliphatic carbocycles. The van der Waals surface area contributed by atoms with Crippen molar-refractivity contribution in [3.05, 3.63) is 53.8 Å². The number of nitrogens with one attached hydrogen (secondary N) is 1. The Morgan fingerprint density at radius 1 is 1.09 bits per heavy atom. The van der Waals surface area contributed by atoms with Gasteiger partial charge in [-0.3, -0.25) is 9.48 Å². The summed E-state index contributed by atoms with van der Waals surface area (Å²) in [4.78, 5) is 32.3. The second-order valence-corrected chi connectivity index (χ2v) is 8.57. The summed E-state index contributed by atoms with van der Waals surface area (Å²) >= 11 is 1.27. The molecule has 1 amide bonds. The minimum Gasteiger partial charge on any atom is -0.375 e. The maximum atomic E-state index is 12.4. The lowest BCUT2D eigenvalue weighted by molar-refractivity contribution is -0.142. The van der Waals surface area contributed by atoms with E-state index in [1.165, 1.54) is 16.2 Å². The fourth-order valence-corrected chi connectivity index (χ4v) is 4.52. The summed E-state index contributed by atoms with van der Waals surface area (Å²) in [5.41, 5.74) is 0.421. The molecule has 11 heteroatoms. The summed E-state index contributed by atoms with van der Waals surface area (Å²) in [5.74, 6) is 0.756. The SMILES string of the molecule is CN1CC[C@@](O)(c2cnc(-c3cccc(-c4ccnc(Nc5ccn(C)n5)n4)n3)s2)C1=O. The Labute approximate surface area is 187 Å². The minimum absolute atomic E-state index is 0.302. The molecule has 1 aliphatic heterocycles. The van der Waals surface area contributed by atoms with Crippen LogP contribution in [0, 0.1) is 0 Å². The zero-order valence-electron chi connectivity index (χ0n) is 17.4. The Morgan fingerprint density at radius 2 is 1.91 bits per heavy atom. The van der Waals surface area contributed by atoms with Gasteiger partial charge in [0.15, 0.2) is 11.4 Å². The predicted octanol–water partition coefficient (Wildman–Crippen LogP) is 2.19. The molecule has 1 fully saturated rings. The topological polar surface area (TPSA) is 122 Å². The first-order valence-electron chi connectivity index (χ1n) is 9.94. The lowest BCUT2D eigenvalue weighted by Gasteiger charge is -2.18. The quantitative estimate of drug-likeness (QED) is 0.476. The van der Waals surface area contributed by atoms with E-state index in [2.05, 4.69) is 25.4 Å². The fourth-order valence-electron chi connectivity index (χ4n) is 3.52. The summed E-state index contributed by atoms with van der Waals surface area (Å²) in [6, 6.07) is 9.17. The Bertz CT molecular complexity index is 1300. The number of pyridine rings is 1. The monoisotopic (exact) mass is 448 g/mol. The molecule has 0 aromatic carbocycles. The molecule has 4 aromatic heterocycles. The lowest BCUT2D eigenvalue weighted by atomic mass is 10.0. The molecule has 1 aliphatic rings. The van der Waals surface area contributed by atoms with Crippen LogP contribution < -0.4 is 5.32 Å². The number of anilines is 2. The molecule has 1 atom stereocenters. The normalized spacial score (nSPS) is 18.3. The van der Waals surface area contributed by atoms with Gasteiger partial charge in [0.05, 0.1) is 22.0 Å². The van der Waals surface area contributed by atoms with Crippen LogP contribution >= 0.6 is 11.3 Å². The molecule has 0 unspecified atom stereocenters. The van der Waals surface area contributed by atoms with Crippen LogP contribution in [0.2, 0.25) is 0 Å². The van der Waals surface area contributed by atoms with Gasteiger partial charge in [-0.2, -0.15) is 5.10 Å². The third-order valence-corrected chi connectivity index (χ3v) is 6.43. The highest BCUT2D eigenvalue weighted by Gasteiger charge is 2.46. The molecular formula is C21H20N8O2S. The zero-order valence-corrected chi connectivity index (χ0v) is 18.2. The number of likely N-dealkylation sites (N-methyl/N-ethyl adjacent to an activating group) is 1. The fraction of sp³-hybridized carbons (Fsp3) is 0.238. The Balaban J connectivity index is 1.42. The summed E-state index contributed by atoms with van der Waals surface area (Å²) < 4.78 is 1.69. The maximum Gasteiger partial charge on any atom is 0.259 e. The van der Waals surface area contributed by atoms with E-state index in [9.17, 15) is 9.90 Å². The second kappa shape index (κ2) is 7.77. The van der Waals surface area contributed by atoms with Crippen molar-refractivity contribution in [2.75, 3.05) is 18.9 Å². The second-order valence-electron chi connectivity index (χ2n) is 7.54. The molecular weight excluding hydrogens is 428 g/mol. The van der Waals surface area contributed by atoms with Crippen LogP contribution in [0.5, 0.6) is 0 Å². The number of carbonyl (C=O) groups excluding carboxylic acids is 1. The van der Waals surface area contributed by atoms with Crippen molar-refractivity contribution < 1.29 is 9.90 Å². The molecule has 32 heavy (non-hydrogen) atoms. The number of rotatable bonds is 5. The maximum absolute atomic E-state index is 12.4. The first-order valence-corrected chi connectivity index (χ1v) is 10.8. The number of aromatic nitrogens is 6. The standard InChI is InChI=1S/C21H20N8O2S/c1-28-11-8-21(31,19(28)30)16-12-23-18(32-16)15-5-3-4-13(24-15)14-6-9-22-20(25-14)26-17-7-10-29(2)27-17/h3-7,9-10,12,31H,8,11H2,1-2H3,(H,22,25,26,27)/t21-/m1/s1. The number of hydrogen-bond acceptors (Lipinski definition) is 9. The van der Waals surface area contributed by atoms with Gasteiger partial charge in [-0.05, 0) is 18.2 Å². The molecule has 5 heterocycles. The molecule has 10 nitrogen and oxygen atoms in total. The number of thiazole rings is 1. The van der Waals surface area contributed by atoms with E-state index in [4.69, 9.17) is 4.98 Å². The zero-order chi connectivity index (χ0) is 22.3. The van der Waals surface area contributed by atoms with E-state index >= 15 is 0 Å². The van der Waals surface area contributed by atoms with Crippen LogP contribution in [0.1, 0.15) is 11.3 Å². The van der Waals surface area contributed by atoms with Gasteiger partial charge in [-0.25, -0.2) is 19.9 Å². The molecule has 4 aromatic rings. The van der Waals surface area contributed by atoms with E-state index in [1.807, 2.05) is 37.5 Å². The van der Waals surface area contributed by atoms with Gasteiger partial charge in [0.1, 0.15) is 5.01 Å². The molecule has 5 rings (SSSR count). The van der Waals surface area contributed by atoms with Gasteiger partial charge in [0, 0.05) is 51.7 Å². The molecule has 0 saturated carbocycles. The van der Waals surface area contributed by atoms with Crippen molar-refractivity contribution >= 4 is 29.0 Å². The number of aliphatic hydroxyl groups is 1. The number of nitrogens with zero attached hydrogens (tertiary/aromatic N) is 7. The van der Waals surface area contributed by atoms with Crippen molar-refractivity contribution in [3.8, 4) is 22.1 Å². The van der Waals surface area contributed by atoms with Crippen LogP contribution in [0.4, 0.5) is 11.8 Å². The summed E-state index contributed by atoms with van der Waals surface area (Å²) in [6.07, 6.45) is 5.39. The average Bonchev–Trinajstić information content (AvgIpc) is 3.52.